The predicted octanol–water partition coefficient (Wildman–Crippen LogP) is 1.35. The molecule has 2 aromatic heterocycles. The number of esters is 1. The number of nitro groups is 1. The van der Waals surface area contributed by atoms with Gasteiger partial charge in [-0.05, 0) is 18.2 Å². The summed E-state index contributed by atoms with van der Waals surface area (Å²) in [5.74, 6) is -1.16. The average molecular weight is 389 g/mol. The molecule has 27 heavy (non-hydrogen) atoms. The number of carbonyl (C=O) groups excluding carboxylic acids is 1. The first kappa shape index (κ1) is 17.4. The van der Waals surface area contributed by atoms with Crippen LogP contribution in [0.3, 0.4) is 0 Å². The average Bonchev–Trinajstić information content (AvgIpc) is 3.29. The Morgan fingerprint density at radius 2 is 2.11 bits per heavy atom. The van der Waals surface area contributed by atoms with Gasteiger partial charge in [-0.15, -0.1) is 0 Å². The Kier molecular flexibility index (Phi) is 4.50. The number of rotatable bonds is 4. The molecule has 0 amide bonds. The van der Waals surface area contributed by atoms with Crippen LogP contribution in [0.1, 0.15) is 10.6 Å². The molecular weight excluding hydrogens is 372 g/mol. The Bertz CT molecular complexity index is 1010. The maximum atomic E-state index is 12.1. The fraction of sp³-hybridized carbons (Fsp3) is 0.294. The third-order valence-electron chi connectivity index (χ3n) is 4.42. The van der Waals surface area contributed by atoms with Gasteiger partial charge in [0.1, 0.15) is 10.7 Å². The van der Waals surface area contributed by atoms with Crippen molar-refractivity contribution in [3.63, 3.8) is 0 Å². The van der Waals surface area contributed by atoms with Crippen LogP contribution in [0.4, 0.5) is 11.0 Å². The first-order valence-corrected chi connectivity index (χ1v) is 9.24. The van der Waals surface area contributed by atoms with E-state index >= 15 is 0 Å². The molecular formula is C17H17N4O5S+. The number of anilines is 1. The van der Waals surface area contributed by atoms with Gasteiger partial charge >= 0.3 is 11.9 Å². The number of hydrogen-bond donors (Lipinski definition) is 1. The number of furan rings is 1. The molecule has 0 atom stereocenters. The van der Waals surface area contributed by atoms with E-state index in [0.717, 1.165) is 47.6 Å². The lowest BCUT2D eigenvalue weighted by Gasteiger charge is -2.29. The van der Waals surface area contributed by atoms with Crippen molar-refractivity contribution in [1.29, 1.82) is 0 Å². The fourth-order valence-electron chi connectivity index (χ4n) is 2.86. The molecule has 0 bridgehead atoms. The molecule has 0 radical (unpaired) electrons. The van der Waals surface area contributed by atoms with Crippen LogP contribution in [0.2, 0.25) is 0 Å². The van der Waals surface area contributed by atoms with E-state index in [1.54, 1.807) is 29.5 Å². The lowest BCUT2D eigenvalue weighted by atomic mass is 10.3. The van der Waals surface area contributed by atoms with Gasteiger partial charge in [-0.25, -0.2) is 9.78 Å². The number of carbonyl (C=O) groups is 1. The Labute approximate surface area is 157 Å². The van der Waals surface area contributed by atoms with Crippen molar-refractivity contribution in [2.24, 2.45) is 0 Å². The summed E-state index contributed by atoms with van der Waals surface area (Å²) in [6.07, 6.45) is 0. The van der Waals surface area contributed by atoms with E-state index in [4.69, 9.17) is 9.15 Å². The highest BCUT2D eigenvalue weighted by Gasteiger charge is 2.21. The van der Waals surface area contributed by atoms with Crippen molar-refractivity contribution in [2.45, 2.75) is 0 Å². The van der Waals surface area contributed by atoms with Crippen molar-refractivity contribution in [3.05, 3.63) is 46.2 Å². The molecule has 3 heterocycles. The SMILES string of the molecule is C[NH+]1CCN(c2nc3ccc(OC(=O)c4ccc([N+](=O)[O-])o4)cc3s2)CC1. The summed E-state index contributed by atoms with van der Waals surface area (Å²) in [5, 5.41) is 11.6. The summed E-state index contributed by atoms with van der Waals surface area (Å²) in [6, 6.07) is 7.53. The van der Waals surface area contributed by atoms with Gasteiger partial charge in [0.15, 0.2) is 5.13 Å². The van der Waals surface area contributed by atoms with E-state index in [1.165, 1.54) is 11.0 Å². The number of quaternary nitrogens is 1. The van der Waals surface area contributed by atoms with E-state index in [9.17, 15) is 14.9 Å². The lowest BCUT2D eigenvalue weighted by molar-refractivity contribution is -0.880. The number of thiazole rings is 1. The summed E-state index contributed by atoms with van der Waals surface area (Å²) in [5.41, 5.74) is 0.842. The predicted molar refractivity (Wildman–Crippen MR) is 98.8 cm³/mol. The van der Waals surface area contributed by atoms with E-state index in [2.05, 4.69) is 16.9 Å². The molecule has 1 N–H and O–H groups in total. The summed E-state index contributed by atoms with van der Waals surface area (Å²) in [6.45, 7) is 4.08. The van der Waals surface area contributed by atoms with Crippen LogP contribution in [0.25, 0.3) is 10.2 Å². The van der Waals surface area contributed by atoms with Crippen LogP contribution < -0.4 is 14.5 Å². The molecule has 140 valence electrons. The second kappa shape index (κ2) is 6.97. The highest BCUT2D eigenvalue weighted by Crippen LogP contribution is 2.31. The summed E-state index contributed by atoms with van der Waals surface area (Å²) < 4.78 is 11.1. The van der Waals surface area contributed by atoms with Crippen LogP contribution >= 0.6 is 11.3 Å². The first-order valence-electron chi connectivity index (χ1n) is 8.43. The highest BCUT2D eigenvalue weighted by atomic mass is 32.1. The quantitative estimate of drug-likeness (QED) is 0.311. The fourth-order valence-corrected chi connectivity index (χ4v) is 3.91. The maximum Gasteiger partial charge on any atom is 0.433 e. The molecule has 0 saturated carbocycles. The topological polar surface area (TPSA) is 103 Å². The lowest BCUT2D eigenvalue weighted by Crippen LogP contribution is -3.12. The second-order valence-corrected chi connectivity index (χ2v) is 7.36. The van der Waals surface area contributed by atoms with E-state index in [0.29, 0.717) is 5.75 Å². The first-order chi connectivity index (χ1) is 13.0. The second-order valence-electron chi connectivity index (χ2n) is 6.35. The van der Waals surface area contributed by atoms with Crippen LogP contribution in [0.5, 0.6) is 5.75 Å². The number of benzene rings is 1. The molecule has 1 aromatic carbocycles. The molecule has 1 aliphatic heterocycles. The highest BCUT2D eigenvalue weighted by molar-refractivity contribution is 7.22. The Hall–Kier alpha value is -2.98. The monoisotopic (exact) mass is 389 g/mol. The number of piperazine rings is 1. The number of aromatic nitrogens is 1. The molecule has 0 unspecified atom stereocenters. The zero-order valence-electron chi connectivity index (χ0n) is 14.5. The Morgan fingerprint density at radius 1 is 1.33 bits per heavy atom. The zero-order valence-corrected chi connectivity index (χ0v) is 15.3. The number of ether oxygens (including phenoxy) is 1. The van der Waals surface area contributed by atoms with Gasteiger partial charge in [-0.1, -0.05) is 11.3 Å². The third kappa shape index (κ3) is 3.62. The van der Waals surface area contributed by atoms with Gasteiger partial charge < -0.3 is 19.0 Å². The minimum Gasteiger partial charge on any atom is -0.421 e. The Balaban J connectivity index is 1.51. The molecule has 1 aliphatic rings. The summed E-state index contributed by atoms with van der Waals surface area (Å²) in [4.78, 5) is 30.5. The molecule has 3 aromatic rings. The van der Waals surface area contributed by atoms with Gasteiger partial charge in [0.2, 0.25) is 5.76 Å². The van der Waals surface area contributed by atoms with Crippen molar-refractivity contribution in [2.75, 3.05) is 38.1 Å². The normalized spacial score (nSPS) is 15.2. The summed E-state index contributed by atoms with van der Waals surface area (Å²) in [7, 11) is 2.18. The van der Waals surface area contributed by atoms with Gasteiger partial charge in [0.05, 0.1) is 49.5 Å². The van der Waals surface area contributed by atoms with Crippen molar-refractivity contribution >= 4 is 38.5 Å². The largest absolute Gasteiger partial charge is 0.433 e. The Morgan fingerprint density at radius 3 is 2.81 bits per heavy atom. The van der Waals surface area contributed by atoms with E-state index < -0.39 is 16.8 Å². The van der Waals surface area contributed by atoms with Crippen molar-refractivity contribution in [1.82, 2.24) is 4.98 Å². The van der Waals surface area contributed by atoms with Crippen molar-refractivity contribution in [3.8, 4) is 5.75 Å². The van der Waals surface area contributed by atoms with Crippen molar-refractivity contribution < 1.29 is 23.8 Å². The summed E-state index contributed by atoms with van der Waals surface area (Å²) >= 11 is 1.55. The molecule has 1 saturated heterocycles. The standard InChI is InChI=1S/C17H16N4O5S/c1-19-6-8-20(9-7-19)17-18-12-3-2-11(10-14(12)27-17)25-16(22)13-4-5-15(26-13)21(23)24/h2-5,10H,6-9H2,1H3/p+1. The van der Waals surface area contributed by atoms with Crippen LogP contribution in [-0.2, 0) is 0 Å². The van der Waals surface area contributed by atoms with Gasteiger partial charge in [0, 0.05) is 6.07 Å². The number of hydrogen-bond acceptors (Lipinski definition) is 8. The molecule has 10 heteroatoms. The smallest absolute Gasteiger partial charge is 0.421 e. The van der Waals surface area contributed by atoms with E-state index in [-0.39, 0.29) is 5.76 Å². The molecule has 0 aliphatic carbocycles. The number of nitrogens with zero attached hydrogens (tertiary/aromatic N) is 3. The number of likely N-dealkylation sites (N-methyl/N-ethyl adjacent to an activating group) is 1. The minimum atomic E-state index is -0.783. The molecule has 4 rings (SSSR count). The molecule has 1 fully saturated rings. The van der Waals surface area contributed by atoms with E-state index in [1.807, 2.05) is 0 Å². The van der Waals surface area contributed by atoms with Gasteiger partial charge in [0.25, 0.3) is 0 Å². The molecule has 0 spiro atoms. The number of nitrogens with one attached hydrogen (secondary N) is 1. The van der Waals surface area contributed by atoms with Crippen LogP contribution in [-0.4, -0.2) is 49.1 Å². The van der Waals surface area contributed by atoms with Gasteiger partial charge in [-0.3, -0.25) is 10.1 Å². The van der Waals surface area contributed by atoms with Crippen LogP contribution in [0.15, 0.2) is 34.7 Å². The van der Waals surface area contributed by atoms with Gasteiger partial charge in [-0.2, -0.15) is 0 Å². The molecule has 9 nitrogen and oxygen atoms in total. The van der Waals surface area contributed by atoms with Crippen LogP contribution in [0, 0.1) is 10.1 Å². The number of fused-ring (bicyclic) bond motifs is 1. The maximum absolute atomic E-state index is 12.1. The third-order valence-corrected chi connectivity index (χ3v) is 5.50. The minimum absolute atomic E-state index is 0.216. The zero-order chi connectivity index (χ0) is 19.0.